The topological polar surface area (TPSA) is 38.7 Å². The van der Waals surface area contributed by atoms with Crippen LogP contribution in [0, 0.1) is 0 Å². The molecule has 0 radical (unpaired) electrons. The Morgan fingerprint density at radius 1 is 0.636 bits per heavy atom. The lowest BCUT2D eigenvalue weighted by Gasteiger charge is -2.16. The van der Waals surface area contributed by atoms with Gasteiger partial charge in [0.2, 0.25) is 0 Å². The van der Waals surface area contributed by atoms with Gasteiger partial charge in [0, 0.05) is 35.1 Å². The first-order valence-electron chi connectivity index (χ1n) is 7.38. The number of hydrogen-bond acceptors (Lipinski definition) is 3. The predicted molar refractivity (Wildman–Crippen MR) is 89.4 cm³/mol. The van der Waals surface area contributed by atoms with Gasteiger partial charge in [-0.25, -0.2) is 9.97 Å². The molecule has 0 saturated carbocycles. The van der Waals surface area contributed by atoms with Crippen LogP contribution in [0.25, 0.3) is 22.4 Å². The summed E-state index contributed by atoms with van der Waals surface area (Å²) in [7, 11) is 0. The molecular formula is C19H19N3. The minimum Gasteiger partial charge on any atom is -0.255 e. The summed E-state index contributed by atoms with van der Waals surface area (Å²) in [4.78, 5) is 13.4. The highest BCUT2D eigenvalue weighted by molar-refractivity contribution is 5.66. The average Bonchev–Trinajstić information content (AvgIpc) is 2.55. The molecule has 0 saturated heterocycles. The zero-order valence-electron chi connectivity index (χ0n) is 13.1. The number of aromatic nitrogens is 3. The highest BCUT2D eigenvalue weighted by Gasteiger charge is 2.16. The Bertz CT molecular complexity index is 739. The van der Waals surface area contributed by atoms with E-state index in [2.05, 4.69) is 53.9 Å². The van der Waals surface area contributed by atoms with E-state index in [0.29, 0.717) is 0 Å². The summed E-state index contributed by atoms with van der Waals surface area (Å²) in [5, 5.41) is 0. The van der Waals surface area contributed by atoms with Gasteiger partial charge in [0.15, 0.2) is 0 Å². The second-order valence-electron chi connectivity index (χ2n) is 6.34. The summed E-state index contributed by atoms with van der Waals surface area (Å²) in [5.41, 5.74) is 4.06. The molecule has 0 atom stereocenters. The molecule has 3 heteroatoms. The van der Waals surface area contributed by atoms with Gasteiger partial charge in [0.1, 0.15) is 5.82 Å². The molecule has 0 aliphatic carbocycles. The van der Waals surface area contributed by atoms with Crippen LogP contribution in [0.15, 0.2) is 61.1 Å². The normalized spacial score (nSPS) is 11.4. The van der Waals surface area contributed by atoms with Crippen molar-refractivity contribution in [3.8, 4) is 22.4 Å². The SMILES string of the molecule is CC(C)(C)c1ncc(-c2ccc(-c3ccccc3)cn2)cn1. The smallest absolute Gasteiger partial charge is 0.133 e. The van der Waals surface area contributed by atoms with E-state index < -0.39 is 0 Å². The molecule has 3 aromatic rings. The zero-order chi connectivity index (χ0) is 15.6. The monoisotopic (exact) mass is 289 g/mol. The summed E-state index contributed by atoms with van der Waals surface area (Å²) in [6, 6.07) is 14.3. The average molecular weight is 289 g/mol. The molecule has 1 aromatic carbocycles. The Morgan fingerprint density at radius 2 is 1.27 bits per heavy atom. The number of nitrogens with zero attached hydrogens (tertiary/aromatic N) is 3. The van der Waals surface area contributed by atoms with Crippen molar-refractivity contribution in [3.05, 3.63) is 66.9 Å². The van der Waals surface area contributed by atoms with Crippen LogP contribution in [0.3, 0.4) is 0 Å². The standard InChI is InChI=1S/C19H19N3/c1-19(2,3)18-21-12-16(13-22-18)17-10-9-15(11-20-17)14-7-5-4-6-8-14/h4-13H,1-3H3. The molecule has 0 N–H and O–H groups in total. The van der Waals surface area contributed by atoms with Gasteiger partial charge < -0.3 is 0 Å². The Labute approximate surface area is 131 Å². The van der Waals surface area contributed by atoms with Gasteiger partial charge in [0.25, 0.3) is 0 Å². The highest BCUT2D eigenvalue weighted by atomic mass is 14.9. The minimum atomic E-state index is -0.0386. The molecule has 0 fully saturated rings. The van der Waals surface area contributed by atoms with Crippen molar-refractivity contribution in [1.29, 1.82) is 0 Å². The predicted octanol–water partition coefficient (Wildman–Crippen LogP) is 4.50. The Kier molecular flexibility index (Phi) is 3.72. The van der Waals surface area contributed by atoms with Gasteiger partial charge in [-0.1, -0.05) is 57.2 Å². The maximum Gasteiger partial charge on any atom is 0.133 e. The summed E-state index contributed by atoms with van der Waals surface area (Å²) >= 11 is 0. The lowest BCUT2D eigenvalue weighted by Crippen LogP contribution is -2.15. The molecule has 0 aliphatic heterocycles. The van der Waals surface area contributed by atoms with Crippen LogP contribution in [-0.2, 0) is 5.41 Å². The van der Waals surface area contributed by atoms with E-state index in [9.17, 15) is 0 Å². The largest absolute Gasteiger partial charge is 0.255 e. The van der Waals surface area contributed by atoms with Crippen LogP contribution in [0.2, 0.25) is 0 Å². The van der Waals surface area contributed by atoms with E-state index in [4.69, 9.17) is 0 Å². The number of benzene rings is 1. The maximum absolute atomic E-state index is 4.54. The van der Waals surface area contributed by atoms with E-state index >= 15 is 0 Å². The molecule has 22 heavy (non-hydrogen) atoms. The first kappa shape index (κ1) is 14.4. The van der Waals surface area contributed by atoms with Crippen molar-refractivity contribution in [2.75, 3.05) is 0 Å². The fourth-order valence-corrected chi connectivity index (χ4v) is 2.21. The molecule has 3 rings (SSSR count). The zero-order valence-corrected chi connectivity index (χ0v) is 13.1. The van der Waals surface area contributed by atoms with Crippen molar-refractivity contribution in [1.82, 2.24) is 15.0 Å². The lowest BCUT2D eigenvalue weighted by molar-refractivity contribution is 0.545. The van der Waals surface area contributed by atoms with Gasteiger partial charge in [-0.2, -0.15) is 0 Å². The molecule has 2 heterocycles. The van der Waals surface area contributed by atoms with E-state index in [0.717, 1.165) is 22.6 Å². The number of pyridine rings is 1. The van der Waals surface area contributed by atoms with Crippen LogP contribution in [-0.4, -0.2) is 15.0 Å². The van der Waals surface area contributed by atoms with E-state index in [1.165, 1.54) is 5.56 Å². The van der Waals surface area contributed by atoms with Crippen LogP contribution >= 0.6 is 0 Å². The Hall–Kier alpha value is -2.55. The number of rotatable bonds is 2. The summed E-state index contributed by atoms with van der Waals surface area (Å²) in [5.74, 6) is 0.845. The number of hydrogen-bond donors (Lipinski definition) is 0. The second kappa shape index (κ2) is 5.68. The summed E-state index contributed by atoms with van der Waals surface area (Å²) in [6.07, 6.45) is 5.58. The van der Waals surface area contributed by atoms with Gasteiger partial charge in [-0.15, -0.1) is 0 Å². The molecule has 3 nitrogen and oxygen atoms in total. The van der Waals surface area contributed by atoms with E-state index in [-0.39, 0.29) is 5.41 Å². The van der Waals surface area contributed by atoms with Crippen molar-refractivity contribution < 1.29 is 0 Å². The van der Waals surface area contributed by atoms with Gasteiger partial charge in [-0.05, 0) is 11.6 Å². The fourth-order valence-electron chi connectivity index (χ4n) is 2.21. The molecular weight excluding hydrogens is 270 g/mol. The van der Waals surface area contributed by atoms with Crippen LogP contribution in [0.5, 0.6) is 0 Å². The molecule has 2 aromatic heterocycles. The third-order valence-corrected chi connectivity index (χ3v) is 3.49. The lowest BCUT2D eigenvalue weighted by atomic mass is 9.96. The van der Waals surface area contributed by atoms with Crippen LogP contribution < -0.4 is 0 Å². The molecule has 0 spiro atoms. The first-order chi connectivity index (χ1) is 10.5. The first-order valence-corrected chi connectivity index (χ1v) is 7.38. The fraction of sp³-hybridized carbons (Fsp3) is 0.211. The van der Waals surface area contributed by atoms with E-state index in [1.807, 2.05) is 42.9 Å². The summed E-state index contributed by atoms with van der Waals surface area (Å²) < 4.78 is 0. The third kappa shape index (κ3) is 3.03. The van der Waals surface area contributed by atoms with Gasteiger partial charge in [0.05, 0.1) is 5.69 Å². The summed E-state index contributed by atoms with van der Waals surface area (Å²) in [6.45, 7) is 6.32. The van der Waals surface area contributed by atoms with Crippen molar-refractivity contribution >= 4 is 0 Å². The van der Waals surface area contributed by atoms with E-state index in [1.54, 1.807) is 0 Å². The third-order valence-electron chi connectivity index (χ3n) is 3.49. The minimum absolute atomic E-state index is 0.0386. The molecule has 110 valence electrons. The quantitative estimate of drug-likeness (QED) is 0.697. The van der Waals surface area contributed by atoms with Crippen LogP contribution in [0.4, 0.5) is 0 Å². The maximum atomic E-state index is 4.54. The Balaban J connectivity index is 1.87. The van der Waals surface area contributed by atoms with Crippen LogP contribution in [0.1, 0.15) is 26.6 Å². The molecule has 0 bridgehead atoms. The van der Waals surface area contributed by atoms with Crippen molar-refractivity contribution in [3.63, 3.8) is 0 Å². The highest BCUT2D eigenvalue weighted by Crippen LogP contribution is 2.23. The van der Waals surface area contributed by atoms with Crippen molar-refractivity contribution in [2.24, 2.45) is 0 Å². The Morgan fingerprint density at radius 3 is 1.82 bits per heavy atom. The van der Waals surface area contributed by atoms with Gasteiger partial charge >= 0.3 is 0 Å². The van der Waals surface area contributed by atoms with Gasteiger partial charge in [-0.3, -0.25) is 4.98 Å². The molecule has 0 aliphatic rings. The van der Waals surface area contributed by atoms with Crippen molar-refractivity contribution in [2.45, 2.75) is 26.2 Å². The molecule has 0 unspecified atom stereocenters. The molecule has 0 amide bonds. The second-order valence-corrected chi connectivity index (χ2v) is 6.34.